The molecule has 2 rings (SSSR count). The van der Waals surface area contributed by atoms with Gasteiger partial charge in [0.25, 0.3) is 0 Å². The molecule has 4 nitrogen and oxygen atoms in total. The first-order valence-electron chi connectivity index (χ1n) is 8.31. The average Bonchev–Trinajstić information content (AvgIpc) is 2.66. The molecule has 2 unspecified atom stereocenters. The summed E-state index contributed by atoms with van der Waals surface area (Å²) >= 11 is 7.51. The molecular formula is C19H18ClF3N2O2S. The van der Waals surface area contributed by atoms with Crippen molar-refractivity contribution >= 4 is 40.9 Å². The van der Waals surface area contributed by atoms with Crippen LogP contribution in [0.25, 0.3) is 0 Å². The Hall–Kier alpha value is -2.19. The second-order valence-corrected chi connectivity index (χ2v) is 8.02. The molecule has 0 aliphatic carbocycles. The molecule has 150 valence electrons. The van der Waals surface area contributed by atoms with E-state index in [2.05, 4.69) is 10.6 Å². The fourth-order valence-electron chi connectivity index (χ4n) is 2.37. The summed E-state index contributed by atoms with van der Waals surface area (Å²) in [4.78, 5) is 24.0. The van der Waals surface area contributed by atoms with E-state index in [0.717, 1.165) is 11.6 Å². The number of carbonyl (C=O) groups is 2. The lowest BCUT2D eigenvalue weighted by Crippen LogP contribution is -2.37. The molecule has 0 aliphatic rings. The zero-order valence-electron chi connectivity index (χ0n) is 15.1. The molecule has 2 aromatic carbocycles. The third kappa shape index (κ3) is 5.65. The Morgan fingerprint density at radius 2 is 1.75 bits per heavy atom. The van der Waals surface area contributed by atoms with Crippen molar-refractivity contribution in [3.05, 3.63) is 64.4 Å². The molecule has 2 aromatic rings. The largest absolute Gasteiger partial charge is 0.346 e. The Balaban J connectivity index is 1.86. The minimum atomic E-state index is -1.68. The number of thioether (sulfide) groups is 1. The predicted octanol–water partition coefficient (Wildman–Crippen LogP) is 4.69. The highest BCUT2D eigenvalue weighted by molar-refractivity contribution is 8.00. The minimum absolute atomic E-state index is 0.0560. The van der Waals surface area contributed by atoms with Gasteiger partial charge in [0, 0.05) is 10.3 Å². The molecule has 0 saturated carbocycles. The number of benzene rings is 2. The third-order valence-corrected chi connectivity index (χ3v) is 5.48. The standard InChI is InChI=1S/C19H18ClF3N2O2S/c1-10(12-5-3-4-6-13(12)20)28-11(2)19(27)24-9-16(26)25-15-8-7-14(21)17(22)18(15)23/h3-8,10-11H,9H2,1-2H3,(H,24,27)(H,25,26). The molecule has 2 N–H and O–H groups in total. The van der Waals surface area contributed by atoms with Crippen LogP contribution < -0.4 is 10.6 Å². The van der Waals surface area contributed by atoms with Gasteiger partial charge in [0.05, 0.1) is 17.5 Å². The highest BCUT2D eigenvalue weighted by Crippen LogP contribution is 2.35. The summed E-state index contributed by atoms with van der Waals surface area (Å²) in [6.07, 6.45) is 0. The summed E-state index contributed by atoms with van der Waals surface area (Å²) in [5, 5.41) is 4.57. The normalized spacial score (nSPS) is 12.9. The minimum Gasteiger partial charge on any atom is -0.346 e. The molecular weight excluding hydrogens is 413 g/mol. The van der Waals surface area contributed by atoms with Crippen molar-refractivity contribution in [3.8, 4) is 0 Å². The number of rotatable bonds is 7. The Labute approximate surface area is 169 Å². The Morgan fingerprint density at radius 3 is 2.43 bits per heavy atom. The van der Waals surface area contributed by atoms with E-state index in [-0.39, 0.29) is 5.25 Å². The monoisotopic (exact) mass is 430 g/mol. The van der Waals surface area contributed by atoms with Crippen LogP contribution in [0.4, 0.5) is 18.9 Å². The van der Waals surface area contributed by atoms with Crippen LogP contribution in [-0.2, 0) is 9.59 Å². The summed E-state index contributed by atoms with van der Waals surface area (Å²) < 4.78 is 39.6. The maximum absolute atomic E-state index is 13.6. The molecule has 0 radical (unpaired) electrons. The van der Waals surface area contributed by atoms with Crippen molar-refractivity contribution in [1.29, 1.82) is 0 Å². The zero-order valence-corrected chi connectivity index (χ0v) is 16.6. The average molecular weight is 431 g/mol. The summed E-state index contributed by atoms with van der Waals surface area (Å²) in [6.45, 7) is 3.15. The molecule has 0 saturated heterocycles. The Kier molecular flexibility index (Phi) is 7.77. The van der Waals surface area contributed by atoms with Gasteiger partial charge >= 0.3 is 0 Å². The van der Waals surface area contributed by atoms with Crippen molar-refractivity contribution in [3.63, 3.8) is 0 Å². The quantitative estimate of drug-likeness (QED) is 0.626. The predicted molar refractivity (Wildman–Crippen MR) is 105 cm³/mol. The third-order valence-electron chi connectivity index (χ3n) is 3.85. The van der Waals surface area contributed by atoms with Gasteiger partial charge in [-0.15, -0.1) is 11.8 Å². The van der Waals surface area contributed by atoms with Crippen molar-refractivity contribution < 1.29 is 22.8 Å². The highest BCUT2D eigenvalue weighted by Gasteiger charge is 2.20. The number of carbonyl (C=O) groups excluding carboxylic acids is 2. The maximum atomic E-state index is 13.6. The van der Waals surface area contributed by atoms with Crippen LogP contribution in [0.5, 0.6) is 0 Å². The molecule has 0 bridgehead atoms. The van der Waals surface area contributed by atoms with Gasteiger partial charge in [0.1, 0.15) is 0 Å². The number of anilines is 1. The van der Waals surface area contributed by atoms with Crippen LogP contribution in [0.15, 0.2) is 36.4 Å². The van der Waals surface area contributed by atoms with Gasteiger partial charge in [-0.3, -0.25) is 9.59 Å². The molecule has 0 spiro atoms. The van der Waals surface area contributed by atoms with Gasteiger partial charge in [-0.05, 0) is 37.6 Å². The smallest absolute Gasteiger partial charge is 0.243 e. The molecule has 28 heavy (non-hydrogen) atoms. The molecule has 0 heterocycles. The highest BCUT2D eigenvalue weighted by atomic mass is 35.5. The first kappa shape index (κ1) is 22.1. The fourth-order valence-corrected chi connectivity index (χ4v) is 3.91. The van der Waals surface area contributed by atoms with Crippen LogP contribution >= 0.6 is 23.4 Å². The van der Waals surface area contributed by atoms with Gasteiger partial charge in [-0.2, -0.15) is 0 Å². The molecule has 0 fully saturated rings. The Morgan fingerprint density at radius 1 is 1.07 bits per heavy atom. The maximum Gasteiger partial charge on any atom is 0.243 e. The van der Waals surface area contributed by atoms with Crippen molar-refractivity contribution in [2.45, 2.75) is 24.3 Å². The SMILES string of the molecule is CC(SC(C)c1ccccc1Cl)C(=O)NCC(=O)Nc1ccc(F)c(F)c1F. The van der Waals surface area contributed by atoms with Crippen molar-refractivity contribution in [2.75, 3.05) is 11.9 Å². The van der Waals surface area contributed by atoms with E-state index < -0.39 is 46.7 Å². The molecule has 0 aliphatic heterocycles. The second kappa shape index (κ2) is 9.84. The fraction of sp³-hybridized carbons (Fsp3) is 0.263. The van der Waals surface area contributed by atoms with Gasteiger partial charge in [0.2, 0.25) is 11.8 Å². The van der Waals surface area contributed by atoms with Crippen LogP contribution in [0.1, 0.15) is 24.7 Å². The molecule has 2 amide bonds. The topological polar surface area (TPSA) is 58.2 Å². The summed E-state index contributed by atoms with van der Waals surface area (Å²) in [5.41, 5.74) is 0.383. The molecule has 0 aromatic heterocycles. The van der Waals surface area contributed by atoms with E-state index in [1.807, 2.05) is 25.1 Å². The van der Waals surface area contributed by atoms with E-state index >= 15 is 0 Å². The molecule has 9 heteroatoms. The summed E-state index contributed by atoms with van der Waals surface area (Å²) in [7, 11) is 0. The number of halogens is 4. The first-order chi connectivity index (χ1) is 13.2. The van der Waals surface area contributed by atoms with Crippen molar-refractivity contribution in [1.82, 2.24) is 5.32 Å². The van der Waals surface area contributed by atoms with Crippen molar-refractivity contribution in [2.24, 2.45) is 0 Å². The first-order valence-corrected chi connectivity index (χ1v) is 9.63. The van der Waals surface area contributed by atoms with E-state index in [0.29, 0.717) is 11.1 Å². The number of nitrogens with one attached hydrogen (secondary N) is 2. The number of hydrogen-bond donors (Lipinski definition) is 2. The lowest BCUT2D eigenvalue weighted by Gasteiger charge is -2.18. The van der Waals surface area contributed by atoms with Gasteiger partial charge in [-0.1, -0.05) is 29.8 Å². The lowest BCUT2D eigenvalue weighted by molar-refractivity contribution is -0.123. The van der Waals surface area contributed by atoms with Crippen LogP contribution in [0, 0.1) is 17.5 Å². The summed E-state index contributed by atoms with van der Waals surface area (Å²) in [6, 6.07) is 8.89. The number of hydrogen-bond acceptors (Lipinski definition) is 3. The van der Waals surface area contributed by atoms with E-state index in [9.17, 15) is 22.8 Å². The molecule has 2 atom stereocenters. The zero-order chi connectivity index (χ0) is 20.8. The van der Waals surface area contributed by atoms with Gasteiger partial charge in [-0.25, -0.2) is 13.2 Å². The van der Waals surface area contributed by atoms with E-state index in [4.69, 9.17) is 11.6 Å². The lowest BCUT2D eigenvalue weighted by atomic mass is 10.2. The number of amides is 2. The van der Waals surface area contributed by atoms with Gasteiger partial charge in [0.15, 0.2) is 17.5 Å². The van der Waals surface area contributed by atoms with Crippen LogP contribution in [-0.4, -0.2) is 23.6 Å². The van der Waals surface area contributed by atoms with E-state index in [1.54, 1.807) is 13.0 Å². The van der Waals surface area contributed by atoms with Crippen LogP contribution in [0.2, 0.25) is 5.02 Å². The Bertz CT molecular complexity index is 882. The van der Waals surface area contributed by atoms with E-state index in [1.165, 1.54) is 11.8 Å². The second-order valence-electron chi connectivity index (χ2n) is 5.93. The van der Waals surface area contributed by atoms with Gasteiger partial charge < -0.3 is 10.6 Å². The van der Waals surface area contributed by atoms with Crippen LogP contribution in [0.3, 0.4) is 0 Å². The summed E-state index contributed by atoms with van der Waals surface area (Å²) in [5.74, 6) is -5.71.